The van der Waals surface area contributed by atoms with Gasteiger partial charge >= 0.3 is 0 Å². The number of benzene rings is 1. The van der Waals surface area contributed by atoms with Gasteiger partial charge in [-0.05, 0) is 66.8 Å². The van der Waals surface area contributed by atoms with E-state index in [9.17, 15) is 9.59 Å². The highest BCUT2D eigenvalue weighted by Crippen LogP contribution is 2.38. The van der Waals surface area contributed by atoms with Crippen molar-refractivity contribution in [2.45, 2.75) is 40.2 Å². The maximum atomic E-state index is 12.6. The quantitative estimate of drug-likeness (QED) is 0.595. The summed E-state index contributed by atoms with van der Waals surface area (Å²) in [6, 6.07) is 12.9. The summed E-state index contributed by atoms with van der Waals surface area (Å²) in [5.41, 5.74) is 3.36. The topological polar surface area (TPSA) is 94.9 Å². The van der Waals surface area contributed by atoms with Crippen molar-refractivity contribution >= 4 is 11.8 Å². The third-order valence-electron chi connectivity index (χ3n) is 6.51. The summed E-state index contributed by atoms with van der Waals surface area (Å²) in [5.74, 6) is 1.19. The first-order chi connectivity index (χ1) is 15.9. The second-order valence-electron chi connectivity index (χ2n) is 9.16. The zero-order chi connectivity index (χ0) is 23.8. The van der Waals surface area contributed by atoms with Crippen molar-refractivity contribution in [2.24, 2.45) is 23.7 Å². The molecule has 0 spiro atoms. The van der Waals surface area contributed by atoms with Crippen molar-refractivity contribution in [3.63, 3.8) is 0 Å². The standard InChI is InChI=1S/C27H32N4O2/c1-18(2)25-12-23(13-26(32)30-15-21-8-6-20(14-28)7-9-21)19(3)11-24(25)17-31-27(33)22-5-4-10-29-16-22/h4-11,16,18,23-25H,12-13,15,17H2,1-3H3,(H,30,32)(H,31,33). The smallest absolute Gasteiger partial charge is 0.252 e. The zero-order valence-corrected chi connectivity index (χ0v) is 19.5. The van der Waals surface area contributed by atoms with E-state index in [2.05, 4.69) is 48.5 Å². The van der Waals surface area contributed by atoms with E-state index in [0.717, 1.165) is 12.0 Å². The Morgan fingerprint density at radius 3 is 2.58 bits per heavy atom. The van der Waals surface area contributed by atoms with E-state index in [1.54, 1.807) is 36.7 Å². The largest absolute Gasteiger partial charge is 0.352 e. The van der Waals surface area contributed by atoms with Gasteiger partial charge in [-0.15, -0.1) is 0 Å². The highest BCUT2D eigenvalue weighted by Gasteiger charge is 2.32. The zero-order valence-electron chi connectivity index (χ0n) is 19.5. The minimum absolute atomic E-state index is 0.0305. The van der Waals surface area contributed by atoms with Crippen LogP contribution in [0.4, 0.5) is 0 Å². The number of rotatable bonds is 8. The van der Waals surface area contributed by atoms with E-state index in [0.29, 0.717) is 42.5 Å². The SMILES string of the molecule is CC1=CC(CNC(=O)c2cccnc2)C(C(C)C)CC1CC(=O)NCc1ccc(C#N)cc1. The number of hydrogen-bond donors (Lipinski definition) is 2. The van der Waals surface area contributed by atoms with E-state index < -0.39 is 0 Å². The molecule has 0 saturated carbocycles. The lowest BCUT2D eigenvalue weighted by Crippen LogP contribution is -2.37. The van der Waals surface area contributed by atoms with Crippen LogP contribution in [0.5, 0.6) is 0 Å². The number of nitriles is 1. The Morgan fingerprint density at radius 2 is 1.94 bits per heavy atom. The minimum Gasteiger partial charge on any atom is -0.352 e. The second-order valence-corrected chi connectivity index (χ2v) is 9.16. The Balaban J connectivity index is 1.57. The molecule has 0 saturated heterocycles. The van der Waals surface area contributed by atoms with E-state index in [1.165, 1.54) is 5.57 Å². The van der Waals surface area contributed by atoms with Crippen LogP contribution in [0.1, 0.15) is 55.1 Å². The number of nitrogens with zero attached hydrogens (tertiary/aromatic N) is 2. The van der Waals surface area contributed by atoms with Crippen LogP contribution in [0, 0.1) is 35.0 Å². The third-order valence-corrected chi connectivity index (χ3v) is 6.51. The van der Waals surface area contributed by atoms with Crippen LogP contribution in [0.15, 0.2) is 60.4 Å². The van der Waals surface area contributed by atoms with Crippen LogP contribution in [0.3, 0.4) is 0 Å². The molecule has 2 aromatic rings. The Morgan fingerprint density at radius 1 is 1.18 bits per heavy atom. The molecule has 1 aromatic carbocycles. The van der Waals surface area contributed by atoms with Gasteiger partial charge < -0.3 is 10.6 Å². The van der Waals surface area contributed by atoms with Gasteiger partial charge in [0.15, 0.2) is 0 Å². The summed E-state index contributed by atoms with van der Waals surface area (Å²) < 4.78 is 0. The molecule has 0 fully saturated rings. The van der Waals surface area contributed by atoms with Gasteiger partial charge in [-0.25, -0.2) is 0 Å². The Hall–Kier alpha value is -3.46. The maximum Gasteiger partial charge on any atom is 0.252 e. The van der Waals surface area contributed by atoms with Crippen LogP contribution in [0.2, 0.25) is 0 Å². The average molecular weight is 445 g/mol. The van der Waals surface area contributed by atoms with Gasteiger partial charge in [0.25, 0.3) is 5.91 Å². The molecule has 6 heteroatoms. The molecule has 3 unspecified atom stereocenters. The first-order valence-corrected chi connectivity index (χ1v) is 11.5. The summed E-state index contributed by atoms with van der Waals surface area (Å²) in [6.45, 7) is 7.53. The monoisotopic (exact) mass is 444 g/mol. The lowest BCUT2D eigenvalue weighted by atomic mass is 9.69. The average Bonchev–Trinajstić information content (AvgIpc) is 2.83. The van der Waals surface area contributed by atoms with Crippen LogP contribution in [-0.2, 0) is 11.3 Å². The number of nitrogens with one attached hydrogen (secondary N) is 2. The first-order valence-electron chi connectivity index (χ1n) is 11.5. The first kappa shape index (κ1) is 24.2. The number of amides is 2. The van der Waals surface area contributed by atoms with E-state index >= 15 is 0 Å². The molecule has 172 valence electrons. The molecule has 0 radical (unpaired) electrons. The van der Waals surface area contributed by atoms with Crippen molar-refractivity contribution in [3.8, 4) is 6.07 Å². The van der Waals surface area contributed by atoms with Crippen LogP contribution >= 0.6 is 0 Å². The fourth-order valence-corrected chi connectivity index (χ4v) is 4.51. The number of pyridine rings is 1. The Labute approximate surface area is 196 Å². The molecule has 1 aromatic heterocycles. The normalized spacial score (nSPS) is 20.0. The summed E-state index contributed by atoms with van der Waals surface area (Å²) in [7, 11) is 0. The summed E-state index contributed by atoms with van der Waals surface area (Å²) >= 11 is 0. The van der Waals surface area contributed by atoms with Gasteiger partial charge in [-0.1, -0.05) is 37.6 Å². The number of carbonyl (C=O) groups is 2. The fourth-order valence-electron chi connectivity index (χ4n) is 4.51. The summed E-state index contributed by atoms with van der Waals surface area (Å²) in [5, 5.41) is 15.0. The number of hydrogen-bond acceptors (Lipinski definition) is 4. The van der Waals surface area contributed by atoms with Crippen molar-refractivity contribution < 1.29 is 9.59 Å². The highest BCUT2D eigenvalue weighted by molar-refractivity contribution is 5.93. The molecule has 0 aliphatic heterocycles. The predicted molar refractivity (Wildman–Crippen MR) is 128 cm³/mol. The Kier molecular flexibility index (Phi) is 8.37. The summed E-state index contributed by atoms with van der Waals surface area (Å²) in [6.07, 6.45) is 6.85. The van der Waals surface area contributed by atoms with E-state index in [-0.39, 0.29) is 23.7 Å². The van der Waals surface area contributed by atoms with Gasteiger partial charge in [0.2, 0.25) is 5.91 Å². The Bertz CT molecular complexity index is 1020. The predicted octanol–water partition coefficient (Wildman–Crippen LogP) is 4.24. The highest BCUT2D eigenvalue weighted by atomic mass is 16.2. The summed E-state index contributed by atoms with van der Waals surface area (Å²) in [4.78, 5) is 29.1. The van der Waals surface area contributed by atoms with Crippen LogP contribution in [0.25, 0.3) is 0 Å². The van der Waals surface area contributed by atoms with Crippen molar-refractivity contribution in [1.29, 1.82) is 5.26 Å². The molecule has 3 rings (SSSR count). The third kappa shape index (κ3) is 6.76. The molecule has 33 heavy (non-hydrogen) atoms. The van der Waals surface area contributed by atoms with Crippen molar-refractivity contribution in [2.75, 3.05) is 6.54 Å². The molecule has 6 nitrogen and oxygen atoms in total. The molecule has 3 atom stereocenters. The van der Waals surface area contributed by atoms with E-state index in [4.69, 9.17) is 5.26 Å². The van der Waals surface area contributed by atoms with Crippen LogP contribution in [-0.4, -0.2) is 23.3 Å². The van der Waals surface area contributed by atoms with E-state index in [1.807, 2.05) is 12.1 Å². The number of allylic oxidation sites excluding steroid dienone is 1. The molecule has 0 bridgehead atoms. The molecule has 1 heterocycles. The van der Waals surface area contributed by atoms with Gasteiger partial charge in [0, 0.05) is 31.9 Å². The molecule has 1 aliphatic rings. The number of aromatic nitrogens is 1. The number of carbonyl (C=O) groups excluding carboxylic acids is 2. The maximum absolute atomic E-state index is 12.6. The molecule has 2 amide bonds. The van der Waals surface area contributed by atoms with Crippen molar-refractivity contribution in [3.05, 3.63) is 77.1 Å². The lowest BCUT2D eigenvalue weighted by molar-refractivity contribution is -0.122. The molecular formula is C27H32N4O2. The van der Waals surface area contributed by atoms with Gasteiger partial charge in [0.1, 0.15) is 0 Å². The lowest BCUT2D eigenvalue weighted by Gasteiger charge is -2.37. The molecule has 1 aliphatic carbocycles. The van der Waals surface area contributed by atoms with Crippen molar-refractivity contribution in [1.82, 2.24) is 15.6 Å². The van der Waals surface area contributed by atoms with Crippen LogP contribution < -0.4 is 10.6 Å². The minimum atomic E-state index is -0.110. The fraction of sp³-hybridized carbons (Fsp3) is 0.407. The van der Waals surface area contributed by atoms with Gasteiger partial charge in [0.05, 0.1) is 17.2 Å². The van der Waals surface area contributed by atoms with Gasteiger partial charge in [-0.3, -0.25) is 14.6 Å². The van der Waals surface area contributed by atoms with Gasteiger partial charge in [-0.2, -0.15) is 5.26 Å². The second kappa shape index (κ2) is 11.4. The molecule has 2 N–H and O–H groups in total. The molecular weight excluding hydrogens is 412 g/mol.